The molecular weight excluding hydrogens is 538 g/mol. The van der Waals surface area contributed by atoms with Gasteiger partial charge in [-0.15, -0.1) is 0 Å². The van der Waals surface area contributed by atoms with Gasteiger partial charge in [0.2, 0.25) is 11.8 Å². The summed E-state index contributed by atoms with van der Waals surface area (Å²) in [6, 6.07) is 0. The molecule has 244 valence electrons. The van der Waals surface area contributed by atoms with Crippen LogP contribution in [0, 0.1) is 0 Å². The first-order chi connectivity index (χ1) is 20.3. The van der Waals surface area contributed by atoms with E-state index in [2.05, 4.69) is 19.2 Å². The summed E-state index contributed by atoms with van der Waals surface area (Å²) < 4.78 is 16.1. The molecule has 0 bridgehead atoms. The van der Waals surface area contributed by atoms with E-state index in [1.165, 1.54) is 55.6 Å². The molecule has 0 aromatic rings. The Labute approximate surface area is 254 Å². The highest BCUT2D eigenvalue weighted by Crippen LogP contribution is 2.09. The fourth-order valence-corrected chi connectivity index (χ4v) is 4.02. The van der Waals surface area contributed by atoms with Gasteiger partial charge in [-0.05, 0) is 26.9 Å². The fraction of sp³-hybridized carbons (Fsp3) is 0.812. The van der Waals surface area contributed by atoms with E-state index < -0.39 is 11.8 Å². The molecule has 10 heteroatoms. The van der Waals surface area contributed by atoms with E-state index in [1.807, 2.05) is 19.0 Å². The largest absolute Gasteiger partial charge is 0.464 e. The van der Waals surface area contributed by atoms with Crippen molar-refractivity contribution in [3.8, 4) is 0 Å². The number of nitrogens with zero attached hydrogens (tertiary/aromatic N) is 2. The van der Waals surface area contributed by atoms with Crippen molar-refractivity contribution in [1.29, 1.82) is 0 Å². The lowest BCUT2D eigenvalue weighted by Crippen LogP contribution is -2.36. The summed E-state index contributed by atoms with van der Waals surface area (Å²) in [5, 5.41) is 2.68. The van der Waals surface area contributed by atoms with Gasteiger partial charge in [0.15, 0.2) is 0 Å². The Morgan fingerprint density at radius 2 is 1.12 bits per heavy atom. The third-order valence-corrected chi connectivity index (χ3v) is 6.63. The summed E-state index contributed by atoms with van der Waals surface area (Å²) >= 11 is 0. The number of carbonyl (C=O) groups is 4. The molecule has 0 fully saturated rings. The minimum Gasteiger partial charge on any atom is -0.464 e. The van der Waals surface area contributed by atoms with E-state index in [0.29, 0.717) is 32.6 Å². The van der Waals surface area contributed by atoms with E-state index in [1.54, 1.807) is 0 Å². The zero-order chi connectivity index (χ0) is 31.3. The summed E-state index contributed by atoms with van der Waals surface area (Å²) in [7, 11) is 3.91. The number of rotatable bonds is 28. The van der Waals surface area contributed by atoms with Crippen molar-refractivity contribution in [2.75, 3.05) is 66.7 Å². The average Bonchev–Trinajstić information content (AvgIpc) is 2.96. The van der Waals surface area contributed by atoms with Crippen LogP contribution in [0.2, 0.25) is 0 Å². The van der Waals surface area contributed by atoms with Crippen molar-refractivity contribution < 1.29 is 33.4 Å². The Bertz CT molecular complexity index is 710. The summed E-state index contributed by atoms with van der Waals surface area (Å²) in [5.74, 6) is -1.40. The van der Waals surface area contributed by atoms with Crippen molar-refractivity contribution in [2.45, 2.75) is 104 Å². The fourth-order valence-electron chi connectivity index (χ4n) is 4.02. The van der Waals surface area contributed by atoms with E-state index in [9.17, 15) is 19.2 Å². The molecule has 0 spiro atoms. The Morgan fingerprint density at radius 3 is 1.62 bits per heavy atom. The Hall–Kier alpha value is -2.46. The second kappa shape index (κ2) is 28.6. The van der Waals surface area contributed by atoms with Crippen molar-refractivity contribution in [3.05, 3.63) is 12.2 Å². The van der Waals surface area contributed by atoms with Gasteiger partial charge >= 0.3 is 11.9 Å². The summed E-state index contributed by atoms with van der Waals surface area (Å²) in [6.07, 6.45) is 16.0. The smallest absolute Gasteiger partial charge is 0.305 e. The number of likely N-dealkylation sites (N-methyl/N-ethyl adjacent to an activating group) is 1. The van der Waals surface area contributed by atoms with Gasteiger partial charge < -0.3 is 29.3 Å². The summed E-state index contributed by atoms with van der Waals surface area (Å²) in [6.45, 7) is 6.76. The van der Waals surface area contributed by atoms with Gasteiger partial charge in [0.25, 0.3) is 0 Å². The Morgan fingerprint density at radius 1 is 0.619 bits per heavy atom. The van der Waals surface area contributed by atoms with Gasteiger partial charge in [-0.3, -0.25) is 19.2 Å². The highest BCUT2D eigenvalue weighted by Gasteiger charge is 2.14. The maximum atomic E-state index is 12.8. The number of esters is 2. The maximum Gasteiger partial charge on any atom is 0.305 e. The van der Waals surface area contributed by atoms with E-state index in [0.717, 1.165) is 45.1 Å². The zero-order valence-corrected chi connectivity index (χ0v) is 27.0. The van der Waals surface area contributed by atoms with Crippen LogP contribution < -0.4 is 5.32 Å². The first-order valence-electron chi connectivity index (χ1n) is 16.1. The molecule has 0 aliphatic carbocycles. The molecule has 0 saturated heterocycles. The predicted octanol–water partition coefficient (Wildman–Crippen LogP) is 4.65. The van der Waals surface area contributed by atoms with Crippen LogP contribution >= 0.6 is 0 Å². The molecule has 0 heterocycles. The molecule has 0 saturated carbocycles. The standard InChI is InChI=1S/C32H59N3O7/c1-5-7-9-11-13-15-17-31(38)41-27-23-35(24-28-42-32(39)18-16-14-12-10-8-6-2)30(37)20-19-29(36)33-21-25-40-26-22-34(3)4/h19-20H,5-18,21-28H2,1-4H3,(H,33,36). The lowest BCUT2D eigenvalue weighted by molar-refractivity contribution is -0.146. The molecule has 0 rings (SSSR count). The van der Waals surface area contributed by atoms with Crippen LogP contribution in [0.3, 0.4) is 0 Å². The number of hydrogen-bond donors (Lipinski definition) is 1. The van der Waals surface area contributed by atoms with Gasteiger partial charge in [0, 0.05) is 38.1 Å². The van der Waals surface area contributed by atoms with Gasteiger partial charge in [-0.1, -0.05) is 78.1 Å². The minimum atomic E-state index is -0.425. The summed E-state index contributed by atoms with van der Waals surface area (Å²) in [4.78, 5) is 52.6. The van der Waals surface area contributed by atoms with Crippen LogP contribution in [0.1, 0.15) is 104 Å². The summed E-state index contributed by atoms with van der Waals surface area (Å²) in [5.41, 5.74) is 0. The molecule has 0 atom stereocenters. The SMILES string of the molecule is CCCCCCCCC(=O)OCCN(CCOC(=O)CCCCCCCC)C(=O)C=CC(=O)NCCOCCN(C)C. The van der Waals surface area contributed by atoms with Crippen LogP contribution in [0.4, 0.5) is 0 Å². The van der Waals surface area contributed by atoms with Crippen molar-refractivity contribution >= 4 is 23.8 Å². The Balaban J connectivity index is 4.60. The number of amides is 2. The molecule has 0 radical (unpaired) electrons. The molecule has 0 aromatic carbocycles. The van der Waals surface area contributed by atoms with Crippen LogP contribution in [-0.4, -0.2) is 100 Å². The number of hydrogen-bond acceptors (Lipinski definition) is 8. The second-order valence-electron chi connectivity index (χ2n) is 10.8. The predicted molar refractivity (Wildman–Crippen MR) is 166 cm³/mol. The van der Waals surface area contributed by atoms with Crippen LogP contribution in [-0.2, 0) is 33.4 Å². The van der Waals surface area contributed by atoms with Crippen molar-refractivity contribution in [3.63, 3.8) is 0 Å². The third kappa shape index (κ3) is 26.4. The minimum absolute atomic E-state index is 0.0381. The van der Waals surface area contributed by atoms with Gasteiger partial charge in [-0.2, -0.15) is 0 Å². The lowest BCUT2D eigenvalue weighted by atomic mass is 10.1. The van der Waals surface area contributed by atoms with Crippen molar-refractivity contribution in [1.82, 2.24) is 15.1 Å². The highest BCUT2D eigenvalue weighted by atomic mass is 16.5. The van der Waals surface area contributed by atoms with Gasteiger partial charge in [0.1, 0.15) is 13.2 Å². The average molecular weight is 598 g/mol. The van der Waals surface area contributed by atoms with E-state index in [4.69, 9.17) is 14.2 Å². The topological polar surface area (TPSA) is 114 Å². The number of nitrogens with one attached hydrogen (secondary N) is 1. The molecule has 1 N–H and O–H groups in total. The number of carbonyl (C=O) groups excluding carboxylic acids is 4. The molecule has 10 nitrogen and oxygen atoms in total. The molecule has 0 aromatic heterocycles. The Kier molecular flexibility index (Phi) is 27.0. The second-order valence-corrected chi connectivity index (χ2v) is 10.8. The molecule has 0 unspecified atom stereocenters. The molecule has 42 heavy (non-hydrogen) atoms. The van der Waals surface area contributed by atoms with E-state index in [-0.39, 0.29) is 38.2 Å². The molecule has 2 amide bonds. The number of unbranched alkanes of at least 4 members (excludes halogenated alkanes) is 10. The van der Waals surface area contributed by atoms with Crippen LogP contribution in [0.25, 0.3) is 0 Å². The first-order valence-corrected chi connectivity index (χ1v) is 16.1. The zero-order valence-electron chi connectivity index (χ0n) is 27.0. The molecular formula is C32H59N3O7. The van der Waals surface area contributed by atoms with Gasteiger partial charge in [0.05, 0.1) is 26.3 Å². The van der Waals surface area contributed by atoms with Crippen LogP contribution in [0.15, 0.2) is 12.2 Å². The quantitative estimate of drug-likeness (QED) is 0.0788. The molecule has 0 aliphatic heterocycles. The van der Waals surface area contributed by atoms with Crippen LogP contribution in [0.5, 0.6) is 0 Å². The third-order valence-electron chi connectivity index (χ3n) is 6.63. The number of ether oxygens (including phenoxy) is 3. The lowest BCUT2D eigenvalue weighted by Gasteiger charge is -2.21. The molecule has 0 aliphatic rings. The first kappa shape index (κ1) is 39.5. The highest BCUT2D eigenvalue weighted by molar-refractivity contribution is 5.96. The maximum absolute atomic E-state index is 12.8. The van der Waals surface area contributed by atoms with Gasteiger partial charge in [-0.25, -0.2) is 0 Å². The van der Waals surface area contributed by atoms with Crippen molar-refractivity contribution in [2.24, 2.45) is 0 Å². The normalized spacial score (nSPS) is 11.2. The van der Waals surface area contributed by atoms with E-state index >= 15 is 0 Å². The monoisotopic (exact) mass is 597 g/mol.